The highest BCUT2D eigenvalue weighted by molar-refractivity contribution is 7.89. The molecule has 1 saturated carbocycles. The van der Waals surface area contributed by atoms with Crippen molar-refractivity contribution in [3.63, 3.8) is 0 Å². The Morgan fingerprint density at radius 2 is 1.75 bits per heavy atom. The number of carbonyl (C=O) groups excluding carboxylic acids is 1. The molecule has 0 radical (unpaired) electrons. The molecule has 9 heteroatoms. The molecule has 7 nitrogen and oxygen atoms in total. The average Bonchev–Trinajstić information content (AvgIpc) is 3.42. The molecule has 2 aliphatic rings. The van der Waals surface area contributed by atoms with Crippen molar-refractivity contribution < 1.29 is 17.9 Å². The van der Waals surface area contributed by atoms with Crippen LogP contribution >= 0.6 is 11.3 Å². The molecule has 2 aromatic rings. The number of benzene rings is 1. The number of sulfonamides is 1. The van der Waals surface area contributed by atoms with Crippen LogP contribution < -0.4 is 5.32 Å². The first-order valence-electron chi connectivity index (χ1n) is 13.0. The highest BCUT2D eigenvalue weighted by Crippen LogP contribution is 2.40. The highest BCUT2D eigenvalue weighted by Gasteiger charge is 2.31. The number of rotatable bonds is 10. The molecule has 1 aliphatic carbocycles. The Kier molecular flexibility index (Phi) is 9.58. The molecule has 0 spiro atoms. The van der Waals surface area contributed by atoms with Gasteiger partial charge in [0.05, 0.1) is 11.0 Å². The van der Waals surface area contributed by atoms with E-state index in [4.69, 9.17) is 4.74 Å². The maximum Gasteiger partial charge on any atom is 0.246 e. The number of amides is 1. The molecule has 1 saturated heterocycles. The van der Waals surface area contributed by atoms with Gasteiger partial charge in [0.2, 0.25) is 15.9 Å². The molecule has 36 heavy (non-hydrogen) atoms. The molecule has 1 aromatic heterocycles. The number of hydrogen-bond donors (Lipinski definition) is 1. The molecule has 198 valence electrons. The standard InChI is InChI=1S/C27H39N3O4S2/c1-29(2)27(25-9-6-18-35-25)22-12-10-21(11-13-22)19-28-26(31)20-34-23-14-16-30(17-15-23)36(32,33)24-7-4-3-5-8-24/h3-9,18,21-23,27H,10-17,19-20H2,1-2H3,(H,28,31). The van der Waals surface area contributed by atoms with Crippen LogP contribution in [0, 0.1) is 11.8 Å². The number of ether oxygens (including phenoxy) is 1. The van der Waals surface area contributed by atoms with Crippen LogP contribution in [0.3, 0.4) is 0 Å². The summed E-state index contributed by atoms with van der Waals surface area (Å²) in [6.45, 7) is 1.55. The third-order valence-electron chi connectivity index (χ3n) is 7.55. The van der Waals surface area contributed by atoms with Crippen molar-refractivity contribution >= 4 is 27.3 Å². The lowest BCUT2D eigenvalue weighted by molar-refractivity contribution is -0.128. The molecule has 1 amide bonds. The summed E-state index contributed by atoms with van der Waals surface area (Å²) in [5.41, 5.74) is 0. The van der Waals surface area contributed by atoms with Gasteiger partial charge in [-0.25, -0.2) is 8.42 Å². The van der Waals surface area contributed by atoms with E-state index in [0.717, 1.165) is 12.8 Å². The summed E-state index contributed by atoms with van der Waals surface area (Å²) >= 11 is 1.84. The van der Waals surface area contributed by atoms with Crippen LogP contribution in [0.2, 0.25) is 0 Å². The summed E-state index contributed by atoms with van der Waals surface area (Å²) < 4.78 is 32.9. The van der Waals surface area contributed by atoms with E-state index in [1.807, 2.05) is 17.4 Å². The fourth-order valence-corrected chi connectivity index (χ4v) is 8.06. The summed E-state index contributed by atoms with van der Waals surface area (Å²) in [4.78, 5) is 16.5. The largest absolute Gasteiger partial charge is 0.368 e. The summed E-state index contributed by atoms with van der Waals surface area (Å²) in [5.74, 6) is 1.09. The van der Waals surface area contributed by atoms with Gasteiger partial charge in [0, 0.05) is 30.6 Å². The molecular formula is C27H39N3O4S2. The van der Waals surface area contributed by atoms with Gasteiger partial charge in [0.15, 0.2) is 0 Å². The number of nitrogens with one attached hydrogen (secondary N) is 1. The molecule has 0 bridgehead atoms. The molecular weight excluding hydrogens is 494 g/mol. The number of piperidine rings is 1. The van der Waals surface area contributed by atoms with Crippen molar-refractivity contribution in [2.45, 2.75) is 55.6 Å². The summed E-state index contributed by atoms with van der Waals surface area (Å²) in [5, 5.41) is 5.22. The lowest BCUT2D eigenvalue weighted by Gasteiger charge is -2.37. The summed E-state index contributed by atoms with van der Waals surface area (Å²) in [6.07, 6.45) is 5.74. The van der Waals surface area contributed by atoms with E-state index in [0.29, 0.717) is 55.2 Å². The van der Waals surface area contributed by atoms with Crippen molar-refractivity contribution in [3.05, 3.63) is 52.7 Å². The average molecular weight is 534 g/mol. The van der Waals surface area contributed by atoms with E-state index >= 15 is 0 Å². The van der Waals surface area contributed by atoms with Crippen molar-refractivity contribution in [2.75, 3.05) is 40.3 Å². The van der Waals surface area contributed by atoms with Gasteiger partial charge in [-0.3, -0.25) is 4.79 Å². The summed E-state index contributed by atoms with van der Waals surface area (Å²) in [6, 6.07) is 13.4. The number of hydrogen-bond acceptors (Lipinski definition) is 6. The van der Waals surface area contributed by atoms with Gasteiger partial charge in [-0.2, -0.15) is 4.31 Å². The Labute approximate surface area is 219 Å². The summed E-state index contributed by atoms with van der Waals surface area (Å²) in [7, 11) is 0.870. The van der Waals surface area contributed by atoms with Crippen LogP contribution in [-0.4, -0.2) is 70.0 Å². The predicted molar refractivity (Wildman–Crippen MR) is 143 cm³/mol. The SMILES string of the molecule is CN(C)C(c1cccs1)C1CCC(CNC(=O)COC2CCN(S(=O)(=O)c3ccccc3)CC2)CC1. The number of thiophene rings is 1. The van der Waals surface area contributed by atoms with Gasteiger partial charge in [-0.15, -0.1) is 11.3 Å². The van der Waals surface area contributed by atoms with Gasteiger partial charge < -0.3 is 15.0 Å². The molecule has 2 heterocycles. The van der Waals surface area contributed by atoms with Gasteiger partial charge in [-0.1, -0.05) is 24.3 Å². The minimum Gasteiger partial charge on any atom is -0.368 e. The second kappa shape index (κ2) is 12.6. The Bertz CT molecular complexity index is 1040. The van der Waals surface area contributed by atoms with Gasteiger partial charge >= 0.3 is 0 Å². The second-order valence-electron chi connectivity index (χ2n) is 10.2. The normalized spacial score (nSPS) is 23.0. The molecule has 1 aromatic carbocycles. The Balaban J connectivity index is 1.13. The van der Waals surface area contributed by atoms with Crippen LogP contribution in [0.1, 0.15) is 49.4 Å². The van der Waals surface area contributed by atoms with Gasteiger partial charge in [-0.05, 0) is 88.0 Å². The third-order valence-corrected chi connectivity index (χ3v) is 10.4. The molecule has 1 unspecified atom stereocenters. The number of nitrogens with zero attached hydrogens (tertiary/aromatic N) is 2. The van der Waals surface area contributed by atoms with E-state index in [9.17, 15) is 13.2 Å². The number of carbonyl (C=O) groups is 1. The maximum atomic E-state index is 12.8. The van der Waals surface area contributed by atoms with Crippen LogP contribution in [0.4, 0.5) is 0 Å². The van der Waals surface area contributed by atoms with Crippen LogP contribution in [0.25, 0.3) is 0 Å². The Morgan fingerprint density at radius 1 is 1.06 bits per heavy atom. The van der Waals surface area contributed by atoms with Gasteiger partial charge in [0.25, 0.3) is 0 Å². The fourth-order valence-electron chi connectivity index (χ4n) is 5.56. The second-order valence-corrected chi connectivity index (χ2v) is 13.2. The monoisotopic (exact) mass is 533 g/mol. The highest BCUT2D eigenvalue weighted by atomic mass is 32.2. The molecule has 2 fully saturated rings. The van der Waals surface area contributed by atoms with E-state index in [1.54, 1.807) is 24.3 Å². The van der Waals surface area contributed by atoms with Crippen LogP contribution in [0.5, 0.6) is 0 Å². The molecule has 1 N–H and O–H groups in total. The zero-order valence-electron chi connectivity index (χ0n) is 21.3. The first-order chi connectivity index (χ1) is 17.3. The quantitative estimate of drug-likeness (QED) is 0.497. The van der Waals surface area contributed by atoms with Gasteiger partial charge in [0.1, 0.15) is 6.61 Å². The van der Waals surface area contributed by atoms with Crippen molar-refractivity contribution in [3.8, 4) is 0 Å². The van der Waals surface area contributed by atoms with Crippen LogP contribution in [-0.2, 0) is 19.6 Å². The van der Waals surface area contributed by atoms with Crippen LogP contribution in [0.15, 0.2) is 52.7 Å². The topological polar surface area (TPSA) is 79.0 Å². The lowest BCUT2D eigenvalue weighted by Crippen LogP contribution is -2.42. The first kappa shape index (κ1) is 27.3. The first-order valence-corrected chi connectivity index (χ1v) is 15.3. The van der Waals surface area contributed by atoms with Crippen molar-refractivity contribution in [1.82, 2.24) is 14.5 Å². The smallest absolute Gasteiger partial charge is 0.246 e. The van der Waals surface area contributed by atoms with E-state index < -0.39 is 10.0 Å². The zero-order chi connectivity index (χ0) is 25.5. The van der Waals surface area contributed by atoms with E-state index in [-0.39, 0.29) is 18.6 Å². The minimum absolute atomic E-state index is 0.0343. The Hall–Kier alpha value is -1.78. The van der Waals surface area contributed by atoms with Crippen molar-refractivity contribution in [2.24, 2.45) is 11.8 Å². The third kappa shape index (κ3) is 6.95. The van der Waals surface area contributed by atoms with E-state index in [1.165, 1.54) is 22.0 Å². The molecule has 4 rings (SSSR count). The van der Waals surface area contributed by atoms with Crippen molar-refractivity contribution in [1.29, 1.82) is 0 Å². The fraction of sp³-hybridized carbons (Fsp3) is 0.593. The predicted octanol–water partition coefficient (Wildman–Crippen LogP) is 4.14. The Morgan fingerprint density at radius 3 is 2.36 bits per heavy atom. The van der Waals surface area contributed by atoms with E-state index in [2.05, 4.69) is 41.8 Å². The molecule has 1 aliphatic heterocycles. The minimum atomic E-state index is -3.47. The maximum absolute atomic E-state index is 12.8. The zero-order valence-corrected chi connectivity index (χ0v) is 23.0. The lowest BCUT2D eigenvalue weighted by atomic mass is 9.77. The molecule has 1 atom stereocenters.